The maximum atomic E-state index is 13.3. The number of carbonyl (C=O) groups is 1. The van der Waals surface area contributed by atoms with Crippen LogP contribution < -0.4 is 11.2 Å². The number of hydrogen-bond donors (Lipinski definition) is 0. The summed E-state index contributed by atoms with van der Waals surface area (Å²) >= 11 is 1.29. The first kappa shape index (κ1) is 21.0. The molecule has 0 saturated carbocycles. The fraction of sp³-hybridized carbons (Fsp3) is 0.240. The van der Waals surface area contributed by atoms with Gasteiger partial charge in [-0.2, -0.15) is 0 Å². The van der Waals surface area contributed by atoms with Crippen LogP contribution in [0.25, 0.3) is 10.2 Å². The monoisotopic (exact) mass is 432 g/mol. The van der Waals surface area contributed by atoms with Gasteiger partial charge in [-0.25, -0.2) is 4.79 Å². The molecule has 0 aliphatic carbocycles. The molecule has 31 heavy (non-hydrogen) atoms. The third kappa shape index (κ3) is 3.91. The maximum Gasteiger partial charge on any atom is 0.332 e. The minimum absolute atomic E-state index is 0.108. The number of Topliss-reactive ketones (excluding diaryl/α,β-unsaturated/α-hetero) is 1. The van der Waals surface area contributed by atoms with Crippen LogP contribution >= 0.6 is 11.3 Å². The Morgan fingerprint density at radius 2 is 1.55 bits per heavy atom. The zero-order valence-electron chi connectivity index (χ0n) is 18.1. The molecular formula is C25H24N2O3S. The predicted molar refractivity (Wildman–Crippen MR) is 126 cm³/mol. The van der Waals surface area contributed by atoms with E-state index >= 15 is 0 Å². The Morgan fingerprint density at radius 1 is 0.871 bits per heavy atom. The van der Waals surface area contributed by atoms with Gasteiger partial charge in [0, 0.05) is 5.56 Å². The lowest BCUT2D eigenvalue weighted by atomic mass is 9.98. The van der Waals surface area contributed by atoms with E-state index in [0.29, 0.717) is 15.8 Å². The molecule has 2 heterocycles. The molecule has 0 bridgehead atoms. The van der Waals surface area contributed by atoms with E-state index < -0.39 is 5.69 Å². The van der Waals surface area contributed by atoms with Crippen LogP contribution in [0.3, 0.4) is 0 Å². The molecule has 0 aliphatic heterocycles. The molecule has 6 heteroatoms. The highest BCUT2D eigenvalue weighted by Gasteiger charge is 2.18. The molecule has 4 rings (SSSR count). The van der Waals surface area contributed by atoms with Crippen LogP contribution in [0, 0.1) is 27.7 Å². The van der Waals surface area contributed by atoms with Gasteiger partial charge in [0.25, 0.3) is 5.56 Å². The van der Waals surface area contributed by atoms with Crippen LogP contribution in [0.4, 0.5) is 0 Å². The quantitative estimate of drug-likeness (QED) is 0.440. The normalized spacial score (nSPS) is 11.2. The SMILES string of the molecule is Cc1ccc(Cn2c(=O)c3sccc3n(CC(=O)c3cc(C)c(C)cc3C)c2=O)cc1. The molecule has 0 radical (unpaired) electrons. The molecule has 0 saturated heterocycles. The lowest BCUT2D eigenvalue weighted by Crippen LogP contribution is -2.41. The molecule has 0 fully saturated rings. The van der Waals surface area contributed by atoms with E-state index in [9.17, 15) is 14.4 Å². The van der Waals surface area contributed by atoms with Gasteiger partial charge < -0.3 is 0 Å². The number of ketones is 1. The van der Waals surface area contributed by atoms with Crippen molar-refractivity contribution in [3.63, 3.8) is 0 Å². The third-order valence-corrected chi connectivity index (χ3v) is 6.63. The summed E-state index contributed by atoms with van der Waals surface area (Å²) in [5.41, 5.74) is 5.35. The largest absolute Gasteiger partial charge is 0.332 e. The highest BCUT2D eigenvalue weighted by Crippen LogP contribution is 2.19. The van der Waals surface area contributed by atoms with Crippen LogP contribution in [-0.4, -0.2) is 14.9 Å². The number of nitrogens with zero attached hydrogens (tertiary/aromatic N) is 2. The van der Waals surface area contributed by atoms with Crippen LogP contribution in [0.2, 0.25) is 0 Å². The summed E-state index contributed by atoms with van der Waals surface area (Å²) < 4.78 is 3.14. The zero-order chi connectivity index (χ0) is 22.3. The second-order valence-electron chi connectivity index (χ2n) is 8.06. The highest BCUT2D eigenvalue weighted by atomic mass is 32.1. The molecule has 2 aromatic carbocycles. The van der Waals surface area contributed by atoms with Gasteiger partial charge >= 0.3 is 5.69 Å². The van der Waals surface area contributed by atoms with E-state index in [2.05, 4.69) is 0 Å². The molecule has 4 aromatic rings. The molecule has 0 amide bonds. The van der Waals surface area contributed by atoms with Crippen molar-refractivity contribution in [3.05, 3.63) is 102 Å². The molecule has 0 atom stereocenters. The van der Waals surface area contributed by atoms with Crippen molar-refractivity contribution in [1.29, 1.82) is 0 Å². The number of rotatable bonds is 5. The molecule has 0 spiro atoms. The first-order valence-corrected chi connectivity index (χ1v) is 11.0. The molecule has 0 aliphatic rings. The maximum absolute atomic E-state index is 13.3. The van der Waals surface area contributed by atoms with Crippen molar-refractivity contribution >= 4 is 27.3 Å². The summed E-state index contributed by atoms with van der Waals surface area (Å²) in [6.07, 6.45) is 0. The van der Waals surface area contributed by atoms with Gasteiger partial charge in [-0.15, -0.1) is 11.3 Å². The van der Waals surface area contributed by atoms with Gasteiger partial charge in [-0.05, 0) is 67.5 Å². The second kappa shape index (κ2) is 8.12. The zero-order valence-corrected chi connectivity index (χ0v) is 18.9. The van der Waals surface area contributed by atoms with Gasteiger partial charge in [0.05, 0.1) is 18.6 Å². The minimum Gasteiger partial charge on any atom is -0.292 e. The number of benzene rings is 2. The van der Waals surface area contributed by atoms with E-state index in [-0.39, 0.29) is 24.4 Å². The van der Waals surface area contributed by atoms with Gasteiger partial charge in [-0.3, -0.25) is 18.7 Å². The average Bonchev–Trinajstić information content (AvgIpc) is 3.22. The first-order chi connectivity index (χ1) is 14.8. The van der Waals surface area contributed by atoms with Crippen molar-refractivity contribution in [3.8, 4) is 0 Å². The second-order valence-corrected chi connectivity index (χ2v) is 8.97. The Bertz CT molecular complexity index is 1420. The van der Waals surface area contributed by atoms with Crippen molar-refractivity contribution < 1.29 is 4.79 Å². The number of carbonyl (C=O) groups excluding carboxylic acids is 1. The third-order valence-electron chi connectivity index (χ3n) is 5.74. The summed E-state index contributed by atoms with van der Waals surface area (Å²) in [6, 6.07) is 13.3. The Kier molecular flexibility index (Phi) is 5.50. The Hall–Kier alpha value is -3.25. The van der Waals surface area contributed by atoms with E-state index in [4.69, 9.17) is 0 Å². The highest BCUT2D eigenvalue weighted by molar-refractivity contribution is 7.17. The Balaban J connectivity index is 1.81. The number of thiophene rings is 1. The number of fused-ring (bicyclic) bond motifs is 1. The van der Waals surface area contributed by atoms with Crippen molar-refractivity contribution in [2.24, 2.45) is 0 Å². The molecule has 2 aromatic heterocycles. The lowest BCUT2D eigenvalue weighted by molar-refractivity contribution is 0.0970. The fourth-order valence-electron chi connectivity index (χ4n) is 3.79. The lowest BCUT2D eigenvalue weighted by Gasteiger charge is -2.14. The van der Waals surface area contributed by atoms with Crippen molar-refractivity contribution in [1.82, 2.24) is 9.13 Å². The predicted octanol–water partition coefficient (Wildman–Crippen LogP) is 4.39. The Morgan fingerprint density at radius 3 is 2.26 bits per heavy atom. The summed E-state index contributed by atoms with van der Waals surface area (Å²) in [6.45, 7) is 7.93. The van der Waals surface area contributed by atoms with Gasteiger partial charge in [0.15, 0.2) is 5.78 Å². The number of aromatic nitrogens is 2. The minimum atomic E-state index is -0.466. The van der Waals surface area contributed by atoms with Gasteiger partial charge in [0.2, 0.25) is 0 Å². The van der Waals surface area contributed by atoms with Gasteiger partial charge in [0.1, 0.15) is 4.70 Å². The van der Waals surface area contributed by atoms with Crippen molar-refractivity contribution in [2.75, 3.05) is 0 Å². The van der Waals surface area contributed by atoms with E-state index in [1.165, 1.54) is 20.5 Å². The van der Waals surface area contributed by atoms with E-state index in [0.717, 1.165) is 27.8 Å². The summed E-state index contributed by atoms with van der Waals surface area (Å²) in [4.78, 5) is 39.5. The van der Waals surface area contributed by atoms with Crippen LogP contribution in [0.15, 0.2) is 57.4 Å². The smallest absolute Gasteiger partial charge is 0.292 e. The first-order valence-electron chi connectivity index (χ1n) is 10.1. The number of hydrogen-bond acceptors (Lipinski definition) is 4. The van der Waals surface area contributed by atoms with E-state index in [1.54, 1.807) is 11.4 Å². The summed E-state index contributed by atoms with van der Waals surface area (Å²) in [7, 11) is 0. The molecular weight excluding hydrogens is 408 g/mol. The topological polar surface area (TPSA) is 61.1 Å². The average molecular weight is 433 g/mol. The summed E-state index contributed by atoms with van der Waals surface area (Å²) in [5.74, 6) is -0.143. The molecule has 5 nitrogen and oxygen atoms in total. The van der Waals surface area contributed by atoms with Crippen LogP contribution in [-0.2, 0) is 13.1 Å². The van der Waals surface area contributed by atoms with Crippen molar-refractivity contribution in [2.45, 2.75) is 40.8 Å². The molecule has 158 valence electrons. The van der Waals surface area contributed by atoms with E-state index in [1.807, 2.05) is 64.1 Å². The van der Waals surface area contributed by atoms with Crippen LogP contribution in [0.1, 0.15) is 38.2 Å². The summed E-state index contributed by atoms with van der Waals surface area (Å²) in [5, 5.41) is 1.78. The molecule has 0 unspecified atom stereocenters. The van der Waals surface area contributed by atoms with Gasteiger partial charge in [-0.1, -0.05) is 35.9 Å². The number of aryl methyl sites for hydroxylation is 4. The Labute approximate surface area is 184 Å². The molecule has 0 N–H and O–H groups in total. The standard InChI is InChI=1S/C25H24N2O3S/c1-15-5-7-19(8-6-15)13-27-24(29)23-21(9-10-31-23)26(25(27)30)14-22(28)20-12-17(3)16(2)11-18(20)4/h5-12H,13-14H2,1-4H3. The fourth-order valence-corrected chi connectivity index (χ4v) is 4.63. The van der Waals surface area contributed by atoms with Crippen LogP contribution in [0.5, 0.6) is 0 Å².